The molecular formula is C14H21BrN2O2. The average Bonchev–Trinajstić information content (AvgIpc) is 2.69. The first kappa shape index (κ1) is 13.6. The van der Waals surface area contributed by atoms with Crippen LogP contribution in [0.4, 0.5) is 0 Å². The summed E-state index contributed by atoms with van der Waals surface area (Å²) in [5.74, 6) is 0. The van der Waals surface area contributed by atoms with Gasteiger partial charge in [0.25, 0.3) is 0 Å². The highest BCUT2D eigenvalue weighted by molar-refractivity contribution is 9.10. The number of nitrogens with zero attached hydrogens (tertiary/aromatic N) is 2. The first-order chi connectivity index (χ1) is 9.19. The van der Waals surface area contributed by atoms with Gasteiger partial charge in [-0.25, -0.2) is 0 Å². The molecule has 2 heterocycles. The average molecular weight is 329 g/mol. The Balaban J connectivity index is 1.67. The second kappa shape index (κ2) is 5.54. The predicted octanol–water partition coefficient (Wildman–Crippen LogP) is 3.42. The molecule has 2 fully saturated rings. The van der Waals surface area contributed by atoms with E-state index in [2.05, 4.69) is 28.0 Å². The summed E-state index contributed by atoms with van der Waals surface area (Å²) in [7, 11) is 0. The van der Waals surface area contributed by atoms with E-state index in [1.807, 2.05) is 10.9 Å². The maximum Gasteiger partial charge on any atom is 0.158 e. The van der Waals surface area contributed by atoms with Crippen molar-refractivity contribution in [1.29, 1.82) is 0 Å². The summed E-state index contributed by atoms with van der Waals surface area (Å²) >= 11 is 3.51. The summed E-state index contributed by atoms with van der Waals surface area (Å²) in [6.07, 6.45) is 8.74. The fourth-order valence-corrected chi connectivity index (χ4v) is 3.12. The van der Waals surface area contributed by atoms with Crippen LogP contribution in [0.25, 0.3) is 0 Å². The van der Waals surface area contributed by atoms with E-state index in [9.17, 15) is 0 Å². The molecule has 1 aromatic rings. The van der Waals surface area contributed by atoms with Crippen molar-refractivity contribution in [2.75, 3.05) is 6.61 Å². The third-order valence-corrected chi connectivity index (χ3v) is 5.04. The maximum absolute atomic E-state index is 6.28. The van der Waals surface area contributed by atoms with Crippen molar-refractivity contribution < 1.29 is 9.47 Å². The van der Waals surface area contributed by atoms with Crippen molar-refractivity contribution >= 4 is 15.9 Å². The van der Waals surface area contributed by atoms with Gasteiger partial charge in [0.15, 0.2) is 6.29 Å². The second-order valence-electron chi connectivity index (χ2n) is 5.69. The van der Waals surface area contributed by atoms with Crippen LogP contribution in [0.5, 0.6) is 0 Å². The highest BCUT2D eigenvalue weighted by Crippen LogP contribution is 2.39. The summed E-state index contributed by atoms with van der Waals surface area (Å²) in [6, 6.07) is 0. The second-order valence-corrected chi connectivity index (χ2v) is 6.54. The third-order valence-electron chi connectivity index (χ3n) is 4.27. The minimum atomic E-state index is -0.0573. The lowest BCUT2D eigenvalue weighted by Gasteiger charge is -2.44. The molecule has 1 aromatic heterocycles. The molecule has 0 radical (unpaired) electrons. The van der Waals surface area contributed by atoms with Crippen molar-refractivity contribution in [2.45, 2.75) is 63.9 Å². The molecule has 4 nitrogen and oxygen atoms in total. The fourth-order valence-electron chi connectivity index (χ4n) is 2.82. The molecule has 1 saturated carbocycles. The molecule has 2 aliphatic rings. The number of hydrogen-bond acceptors (Lipinski definition) is 3. The Labute approximate surface area is 122 Å². The van der Waals surface area contributed by atoms with Gasteiger partial charge < -0.3 is 9.47 Å². The molecular weight excluding hydrogens is 308 g/mol. The molecule has 1 atom stereocenters. The molecule has 0 amide bonds. The van der Waals surface area contributed by atoms with Crippen LogP contribution in [0.1, 0.15) is 44.2 Å². The first-order valence-electron chi connectivity index (χ1n) is 7.16. The third kappa shape index (κ3) is 2.88. The van der Waals surface area contributed by atoms with Crippen LogP contribution in [0, 0.1) is 6.92 Å². The molecule has 0 N–H and O–H groups in total. The lowest BCUT2D eigenvalue weighted by Crippen LogP contribution is -2.48. The molecule has 5 heteroatoms. The van der Waals surface area contributed by atoms with Crippen LogP contribution in [-0.2, 0) is 16.0 Å². The van der Waals surface area contributed by atoms with Crippen molar-refractivity contribution in [3.8, 4) is 0 Å². The minimum Gasteiger partial charge on any atom is -0.353 e. The van der Waals surface area contributed by atoms with Crippen LogP contribution in [-0.4, -0.2) is 28.3 Å². The zero-order valence-electron chi connectivity index (χ0n) is 11.4. The molecule has 3 rings (SSSR count). The van der Waals surface area contributed by atoms with E-state index >= 15 is 0 Å². The number of aromatic nitrogens is 2. The Morgan fingerprint density at radius 3 is 2.84 bits per heavy atom. The zero-order valence-corrected chi connectivity index (χ0v) is 13.0. The molecule has 0 aromatic carbocycles. The van der Waals surface area contributed by atoms with Crippen molar-refractivity contribution in [3.05, 3.63) is 16.4 Å². The molecule has 106 valence electrons. The monoisotopic (exact) mass is 328 g/mol. The van der Waals surface area contributed by atoms with Crippen LogP contribution in [0.2, 0.25) is 0 Å². The maximum atomic E-state index is 6.28. The Hall–Kier alpha value is -0.390. The largest absolute Gasteiger partial charge is 0.353 e. The van der Waals surface area contributed by atoms with Gasteiger partial charge in [0.05, 0.1) is 22.8 Å². The van der Waals surface area contributed by atoms with Crippen LogP contribution < -0.4 is 0 Å². The highest BCUT2D eigenvalue weighted by atomic mass is 79.9. The predicted molar refractivity (Wildman–Crippen MR) is 75.9 cm³/mol. The summed E-state index contributed by atoms with van der Waals surface area (Å²) in [4.78, 5) is 0. The molecule has 1 saturated heterocycles. The molecule has 1 aliphatic carbocycles. The van der Waals surface area contributed by atoms with Crippen molar-refractivity contribution in [3.63, 3.8) is 0 Å². The van der Waals surface area contributed by atoms with Gasteiger partial charge in [-0.3, -0.25) is 4.68 Å². The summed E-state index contributed by atoms with van der Waals surface area (Å²) in [6.45, 7) is 3.76. The van der Waals surface area contributed by atoms with Crippen LogP contribution >= 0.6 is 15.9 Å². The Morgan fingerprint density at radius 2 is 2.32 bits per heavy atom. The summed E-state index contributed by atoms with van der Waals surface area (Å²) in [5, 5.41) is 4.42. The van der Waals surface area contributed by atoms with Crippen molar-refractivity contribution in [1.82, 2.24) is 9.78 Å². The Bertz CT molecular complexity index is 437. The summed E-state index contributed by atoms with van der Waals surface area (Å²) in [5.41, 5.74) is 1.11. The number of ether oxygens (including phenoxy) is 2. The number of rotatable bonds is 4. The SMILES string of the molecule is Cc1c(Br)cnn1CC1(OC2CCCCO2)CCC1. The standard InChI is InChI=1S/C14H21BrN2O2/c1-11-12(15)9-16-17(11)10-14(6-4-7-14)19-13-5-2-3-8-18-13/h9,13H,2-8,10H2,1H3. The molecule has 0 bridgehead atoms. The van der Waals surface area contributed by atoms with Gasteiger partial charge in [-0.05, 0) is 61.4 Å². The van der Waals surface area contributed by atoms with Crippen LogP contribution in [0.3, 0.4) is 0 Å². The van der Waals surface area contributed by atoms with Gasteiger partial charge in [-0.2, -0.15) is 5.10 Å². The topological polar surface area (TPSA) is 36.3 Å². The zero-order chi connectivity index (χ0) is 13.3. The lowest BCUT2D eigenvalue weighted by atomic mass is 9.79. The number of halogens is 1. The Morgan fingerprint density at radius 1 is 1.47 bits per heavy atom. The van der Waals surface area contributed by atoms with Crippen LogP contribution in [0.15, 0.2) is 10.7 Å². The van der Waals surface area contributed by atoms with E-state index in [-0.39, 0.29) is 11.9 Å². The minimum absolute atomic E-state index is 0.00615. The molecule has 19 heavy (non-hydrogen) atoms. The van der Waals surface area contributed by atoms with E-state index in [4.69, 9.17) is 9.47 Å². The molecule has 0 spiro atoms. The van der Waals surface area contributed by atoms with E-state index < -0.39 is 0 Å². The van der Waals surface area contributed by atoms with E-state index in [1.54, 1.807) is 0 Å². The van der Waals surface area contributed by atoms with Gasteiger partial charge >= 0.3 is 0 Å². The fraction of sp³-hybridized carbons (Fsp3) is 0.786. The highest BCUT2D eigenvalue weighted by Gasteiger charge is 2.41. The first-order valence-corrected chi connectivity index (χ1v) is 7.95. The summed E-state index contributed by atoms with van der Waals surface area (Å²) < 4.78 is 15.1. The lowest BCUT2D eigenvalue weighted by molar-refractivity contribution is -0.251. The van der Waals surface area contributed by atoms with Gasteiger partial charge in [-0.15, -0.1) is 0 Å². The number of hydrogen-bond donors (Lipinski definition) is 0. The Kier molecular flexibility index (Phi) is 3.96. The normalized spacial score (nSPS) is 26.1. The van der Waals surface area contributed by atoms with Crippen molar-refractivity contribution in [2.24, 2.45) is 0 Å². The quantitative estimate of drug-likeness (QED) is 0.849. The van der Waals surface area contributed by atoms with Gasteiger partial charge in [0.2, 0.25) is 0 Å². The van der Waals surface area contributed by atoms with Gasteiger partial charge in [-0.1, -0.05) is 0 Å². The van der Waals surface area contributed by atoms with E-state index in [1.165, 1.54) is 18.5 Å². The van der Waals surface area contributed by atoms with E-state index in [0.717, 1.165) is 43.3 Å². The van der Waals surface area contributed by atoms with E-state index in [0.29, 0.717) is 0 Å². The molecule has 1 unspecified atom stereocenters. The smallest absolute Gasteiger partial charge is 0.158 e. The molecule has 1 aliphatic heterocycles. The van der Waals surface area contributed by atoms with Gasteiger partial charge in [0.1, 0.15) is 0 Å². The van der Waals surface area contributed by atoms with Gasteiger partial charge in [0, 0.05) is 12.3 Å².